The van der Waals surface area contributed by atoms with Gasteiger partial charge in [-0.1, -0.05) is 27.8 Å². The van der Waals surface area contributed by atoms with Gasteiger partial charge in [-0.3, -0.25) is 0 Å². The first-order valence-electron chi connectivity index (χ1n) is 7.94. The van der Waals surface area contributed by atoms with Crippen LogP contribution in [0.1, 0.15) is 49.5 Å². The largest absolute Gasteiger partial charge is 0.591 e. The van der Waals surface area contributed by atoms with E-state index in [0.717, 1.165) is 0 Å². The van der Waals surface area contributed by atoms with Crippen molar-refractivity contribution in [2.45, 2.75) is 39.4 Å². The fraction of sp³-hybridized carbons (Fsp3) is 0.389. The Morgan fingerprint density at radius 3 is 2.72 bits per heavy atom. The first kappa shape index (κ1) is 19.2. The van der Waals surface area contributed by atoms with Crippen LogP contribution in [0.25, 0.3) is 11.1 Å². The van der Waals surface area contributed by atoms with E-state index in [0.29, 0.717) is 28.1 Å². The molecule has 0 aliphatic carbocycles. The summed E-state index contributed by atoms with van der Waals surface area (Å²) in [5.74, 6) is -0.0632. The lowest BCUT2D eigenvalue weighted by Gasteiger charge is -2.17. The maximum absolute atomic E-state index is 12.2. The van der Waals surface area contributed by atoms with E-state index < -0.39 is 22.1 Å². The number of aromatic nitrogens is 1. The minimum atomic E-state index is -1.42. The molecule has 2 aromatic rings. The number of nitrogens with zero attached hydrogens (tertiary/aromatic N) is 2. The van der Waals surface area contributed by atoms with Crippen LogP contribution in [0.15, 0.2) is 33.2 Å². The number of esters is 1. The standard InChI is InChI=1S/C18H22N2O4S/c1-6-23-17(21)14-10-8-7-9-13(14)16-12(2)20-24-15(16)11-19-25(22)18(3,4)5/h7-11H,6H2,1-5H3. The summed E-state index contributed by atoms with van der Waals surface area (Å²) in [5, 5.41) is 3.96. The Labute approximate surface area is 150 Å². The number of benzene rings is 1. The lowest BCUT2D eigenvalue weighted by atomic mass is 9.98. The van der Waals surface area contributed by atoms with Crippen molar-refractivity contribution in [2.75, 3.05) is 6.61 Å². The van der Waals surface area contributed by atoms with Crippen LogP contribution in [0.5, 0.6) is 0 Å². The topological polar surface area (TPSA) is 87.8 Å². The fourth-order valence-corrected chi connectivity index (χ4v) is 2.65. The third kappa shape index (κ3) is 4.49. The summed E-state index contributed by atoms with van der Waals surface area (Å²) >= 11 is -1.42. The van der Waals surface area contributed by atoms with Gasteiger partial charge in [0, 0.05) is 5.56 Å². The molecule has 1 atom stereocenters. The highest BCUT2D eigenvalue weighted by Gasteiger charge is 2.27. The highest BCUT2D eigenvalue weighted by Crippen LogP contribution is 2.30. The summed E-state index contributed by atoms with van der Waals surface area (Å²) in [6.45, 7) is 9.33. The molecule has 6 nitrogen and oxygen atoms in total. The molecule has 1 heterocycles. The normalized spacial score (nSPS) is 13.2. The predicted octanol–water partition coefficient (Wildman–Crippen LogP) is 3.71. The van der Waals surface area contributed by atoms with Gasteiger partial charge in [0.2, 0.25) is 0 Å². The molecule has 7 heteroatoms. The van der Waals surface area contributed by atoms with Gasteiger partial charge in [0.25, 0.3) is 0 Å². The number of ether oxygens (including phenoxy) is 1. The van der Waals surface area contributed by atoms with Crippen LogP contribution < -0.4 is 0 Å². The Balaban J connectivity index is 2.47. The molecular formula is C18H22N2O4S. The lowest BCUT2D eigenvalue weighted by Crippen LogP contribution is -2.25. The van der Waals surface area contributed by atoms with E-state index in [1.165, 1.54) is 6.21 Å². The zero-order valence-electron chi connectivity index (χ0n) is 15.0. The van der Waals surface area contributed by atoms with Crippen molar-refractivity contribution in [3.05, 3.63) is 41.3 Å². The molecule has 1 aromatic carbocycles. The van der Waals surface area contributed by atoms with Crippen molar-refractivity contribution in [2.24, 2.45) is 4.40 Å². The maximum Gasteiger partial charge on any atom is 0.338 e. The second-order valence-corrected chi connectivity index (χ2v) is 8.30. The third-order valence-electron chi connectivity index (χ3n) is 3.37. The van der Waals surface area contributed by atoms with Crippen molar-refractivity contribution in [3.8, 4) is 11.1 Å². The van der Waals surface area contributed by atoms with E-state index in [4.69, 9.17) is 9.26 Å². The van der Waals surface area contributed by atoms with Gasteiger partial charge in [0.1, 0.15) is 22.3 Å². The Hall–Kier alpha value is -2.12. The first-order chi connectivity index (χ1) is 11.8. The van der Waals surface area contributed by atoms with E-state index in [2.05, 4.69) is 9.55 Å². The molecule has 0 fully saturated rings. The summed E-state index contributed by atoms with van der Waals surface area (Å²) < 4.78 is 26.2. The molecule has 0 saturated carbocycles. The highest BCUT2D eigenvalue weighted by atomic mass is 32.2. The van der Waals surface area contributed by atoms with Crippen LogP contribution in [0.4, 0.5) is 0 Å². The molecule has 0 spiro atoms. The Morgan fingerprint density at radius 2 is 2.08 bits per heavy atom. The number of hydrogen-bond donors (Lipinski definition) is 0. The van der Waals surface area contributed by atoms with Crippen LogP contribution in [-0.4, -0.2) is 33.2 Å². The van der Waals surface area contributed by atoms with Crippen molar-refractivity contribution >= 4 is 23.5 Å². The number of rotatable bonds is 5. The summed E-state index contributed by atoms with van der Waals surface area (Å²) in [6.07, 6.45) is 1.40. The second-order valence-electron chi connectivity index (χ2n) is 6.37. The van der Waals surface area contributed by atoms with Gasteiger partial charge < -0.3 is 13.8 Å². The monoisotopic (exact) mass is 362 g/mol. The van der Waals surface area contributed by atoms with E-state index in [1.54, 1.807) is 32.0 Å². The van der Waals surface area contributed by atoms with Crippen molar-refractivity contribution in [1.82, 2.24) is 5.16 Å². The molecule has 1 aromatic heterocycles. The smallest absolute Gasteiger partial charge is 0.338 e. The molecular weight excluding hydrogens is 340 g/mol. The molecule has 2 rings (SSSR count). The van der Waals surface area contributed by atoms with Gasteiger partial charge in [-0.05, 0) is 40.7 Å². The minimum Gasteiger partial charge on any atom is -0.591 e. The summed E-state index contributed by atoms with van der Waals surface area (Å²) in [4.78, 5) is 12.2. The van der Waals surface area contributed by atoms with Crippen LogP contribution in [0.3, 0.4) is 0 Å². The summed E-state index contributed by atoms with van der Waals surface area (Å²) in [7, 11) is 0. The van der Waals surface area contributed by atoms with Gasteiger partial charge in [-0.15, -0.1) is 0 Å². The molecule has 0 aliphatic heterocycles. The molecule has 0 aliphatic rings. The average molecular weight is 362 g/mol. The maximum atomic E-state index is 12.2. The molecule has 25 heavy (non-hydrogen) atoms. The zero-order chi connectivity index (χ0) is 18.6. The van der Waals surface area contributed by atoms with Crippen LogP contribution in [0.2, 0.25) is 0 Å². The summed E-state index contributed by atoms with van der Waals surface area (Å²) in [6, 6.07) is 7.07. The quantitative estimate of drug-likeness (QED) is 0.460. The zero-order valence-corrected chi connectivity index (χ0v) is 15.8. The minimum absolute atomic E-state index is 0.286. The Kier molecular flexibility index (Phi) is 6.02. The van der Waals surface area contributed by atoms with Crippen molar-refractivity contribution < 1.29 is 18.6 Å². The molecule has 0 bridgehead atoms. The van der Waals surface area contributed by atoms with Crippen LogP contribution in [-0.2, 0) is 16.1 Å². The van der Waals surface area contributed by atoms with E-state index >= 15 is 0 Å². The van der Waals surface area contributed by atoms with Crippen LogP contribution >= 0.6 is 0 Å². The van der Waals surface area contributed by atoms with Gasteiger partial charge >= 0.3 is 5.97 Å². The highest BCUT2D eigenvalue weighted by molar-refractivity contribution is 7.91. The first-order valence-corrected chi connectivity index (χ1v) is 9.05. The van der Waals surface area contributed by atoms with E-state index in [-0.39, 0.29) is 6.61 Å². The molecule has 0 amide bonds. The second kappa shape index (κ2) is 7.84. The molecule has 0 radical (unpaired) electrons. The molecule has 134 valence electrons. The van der Waals surface area contributed by atoms with Crippen LogP contribution in [0, 0.1) is 6.92 Å². The lowest BCUT2D eigenvalue weighted by molar-refractivity contribution is 0.0527. The molecule has 0 N–H and O–H groups in total. The Morgan fingerprint density at radius 1 is 1.40 bits per heavy atom. The number of carbonyl (C=O) groups excluding carboxylic acids is 1. The van der Waals surface area contributed by atoms with Crippen molar-refractivity contribution in [3.63, 3.8) is 0 Å². The van der Waals surface area contributed by atoms with E-state index in [1.807, 2.05) is 26.8 Å². The van der Waals surface area contributed by atoms with E-state index in [9.17, 15) is 9.35 Å². The van der Waals surface area contributed by atoms with Crippen molar-refractivity contribution in [1.29, 1.82) is 0 Å². The molecule has 1 unspecified atom stereocenters. The molecule has 0 saturated heterocycles. The summed E-state index contributed by atoms with van der Waals surface area (Å²) in [5.41, 5.74) is 2.31. The average Bonchev–Trinajstić information content (AvgIpc) is 2.92. The van der Waals surface area contributed by atoms with Gasteiger partial charge in [0.05, 0.1) is 23.4 Å². The number of aryl methyl sites for hydroxylation is 1. The number of hydrogen-bond acceptors (Lipinski definition) is 6. The number of carbonyl (C=O) groups is 1. The van der Waals surface area contributed by atoms with Gasteiger partial charge in [-0.2, -0.15) is 0 Å². The predicted molar refractivity (Wildman–Crippen MR) is 98.1 cm³/mol. The Bertz CT molecular complexity index is 778. The SMILES string of the molecule is CCOC(=O)c1ccccc1-c1c(C)noc1C=N[S+]([O-])C(C)(C)C. The van der Waals surface area contributed by atoms with Gasteiger partial charge in [-0.25, -0.2) is 4.79 Å². The fourth-order valence-electron chi connectivity index (χ4n) is 2.14. The third-order valence-corrected chi connectivity index (χ3v) is 4.72. The van der Waals surface area contributed by atoms with Gasteiger partial charge in [0.15, 0.2) is 5.76 Å².